The molecule has 2 heterocycles. The van der Waals surface area contributed by atoms with Crippen molar-refractivity contribution in [3.63, 3.8) is 0 Å². The van der Waals surface area contributed by atoms with Crippen molar-refractivity contribution < 1.29 is 14.3 Å². The summed E-state index contributed by atoms with van der Waals surface area (Å²) in [4.78, 5) is 23.1. The van der Waals surface area contributed by atoms with E-state index in [0.717, 1.165) is 25.2 Å². The lowest BCUT2D eigenvalue weighted by Gasteiger charge is -2.21. The smallest absolute Gasteiger partial charge is 0.258 e. The molecule has 0 bridgehead atoms. The number of hydrogen-bond acceptors (Lipinski definition) is 5. The average molecular weight is 314 g/mol. The Morgan fingerprint density at radius 1 is 1.50 bits per heavy atom. The number of carbonyl (C=O) groups excluding carboxylic acids is 2. The van der Waals surface area contributed by atoms with Crippen LogP contribution in [0, 0.1) is 0 Å². The molecule has 5 nitrogen and oxygen atoms in total. The zero-order chi connectivity index (χ0) is 14.4. The minimum absolute atomic E-state index is 0.0698. The van der Waals surface area contributed by atoms with Crippen molar-refractivity contribution in [1.29, 1.82) is 0 Å². The molecule has 3 N–H and O–H groups in total. The number of rotatable bonds is 6. The summed E-state index contributed by atoms with van der Waals surface area (Å²) in [6.07, 6.45) is 3.72. The van der Waals surface area contributed by atoms with Crippen LogP contribution in [0.15, 0.2) is 11.4 Å². The van der Waals surface area contributed by atoms with E-state index >= 15 is 0 Å². The molecule has 0 radical (unpaired) electrons. The van der Waals surface area contributed by atoms with Crippen LogP contribution in [0.25, 0.3) is 0 Å². The van der Waals surface area contributed by atoms with Crippen molar-refractivity contribution >= 4 is 40.6 Å². The quantitative estimate of drug-likeness (QED) is 0.842. The number of carbonyl (C=O) groups is 2. The first kappa shape index (κ1) is 15.3. The normalized spacial score (nSPS) is 18.7. The Morgan fingerprint density at radius 3 is 3.00 bits per heavy atom. The number of ether oxygens (including phenoxy) is 1. The molecule has 0 aromatic carbocycles. The van der Waals surface area contributed by atoms with Gasteiger partial charge in [0.25, 0.3) is 5.91 Å². The second-order valence-electron chi connectivity index (χ2n) is 4.62. The summed E-state index contributed by atoms with van der Waals surface area (Å²) in [6.45, 7) is 0.836. The predicted octanol–water partition coefficient (Wildman–Crippen LogP) is 2.09. The SMILES string of the molecule is NC(=O)c1cc(NC(=O)CSCC2CCCCO2)cs1. The van der Waals surface area contributed by atoms with Crippen molar-refractivity contribution in [2.75, 3.05) is 23.4 Å². The third kappa shape index (κ3) is 4.81. The molecule has 0 aliphatic carbocycles. The molecule has 20 heavy (non-hydrogen) atoms. The predicted molar refractivity (Wildman–Crippen MR) is 82.4 cm³/mol. The van der Waals surface area contributed by atoms with E-state index in [1.54, 1.807) is 23.2 Å². The summed E-state index contributed by atoms with van der Waals surface area (Å²) in [5.74, 6) is 0.699. The van der Waals surface area contributed by atoms with Crippen molar-refractivity contribution in [3.8, 4) is 0 Å². The number of nitrogens with two attached hydrogens (primary N) is 1. The zero-order valence-corrected chi connectivity index (χ0v) is 12.7. The lowest BCUT2D eigenvalue weighted by molar-refractivity contribution is -0.113. The Hall–Kier alpha value is -1.05. The Labute approximate surface area is 126 Å². The molecular weight excluding hydrogens is 296 g/mol. The van der Waals surface area contributed by atoms with Crippen LogP contribution >= 0.6 is 23.1 Å². The van der Waals surface area contributed by atoms with Crippen LogP contribution < -0.4 is 11.1 Å². The highest BCUT2D eigenvalue weighted by atomic mass is 32.2. The largest absolute Gasteiger partial charge is 0.377 e. The fourth-order valence-corrected chi connectivity index (χ4v) is 3.54. The number of primary amides is 1. The molecule has 1 aliphatic heterocycles. The molecule has 7 heteroatoms. The number of nitrogens with one attached hydrogen (secondary N) is 1. The first-order valence-electron chi connectivity index (χ1n) is 6.52. The molecule has 1 aromatic rings. The van der Waals surface area contributed by atoms with Gasteiger partial charge in [0, 0.05) is 17.7 Å². The van der Waals surface area contributed by atoms with Crippen LogP contribution in [0.2, 0.25) is 0 Å². The van der Waals surface area contributed by atoms with Gasteiger partial charge in [-0.25, -0.2) is 0 Å². The number of hydrogen-bond donors (Lipinski definition) is 2. The number of amides is 2. The van der Waals surface area contributed by atoms with Crippen LogP contribution in [-0.4, -0.2) is 36.0 Å². The second kappa shape index (κ2) is 7.66. The summed E-state index contributed by atoms with van der Waals surface area (Å²) < 4.78 is 5.61. The maximum Gasteiger partial charge on any atom is 0.258 e. The van der Waals surface area contributed by atoms with Gasteiger partial charge in [-0.2, -0.15) is 0 Å². The molecule has 1 unspecified atom stereocenters. The standard InChI is InChI=1S/C13H18N2O3S2/c14-13(17)11-5-9(6-20-11)15-12(16)8-19-7-10-3-1-2-4-18-10/h5-6,10H,1-4,7-8H2,(H2,14,17)(H,15,16). The van der Waals surface area contributed by atoms with Crippen LogP contribution in [0.3, 0.4) is 0 Å². The molecular formula is C13H18N2O3S2. The summed E-state index contributed by atoms with van der Waals surface area (Å²) in [5.41, 5.74) is 5.79. The Morgan fingerprint density at radius 2 is 2.35 bits per heavy atom. The van der Waals surface area contributed by atoms with E-state index in [4.69, 9.17) is 10.5 Å². The van der Waals surface area contributed by atoms with Gasteiger partial charge in [-0.1, -0.05) is 0 Å². The molecule has 0 spiro atoms. The highest BCUT2D eigenvalue weighted by molar-refractivity contribution is 8.00. The van der Waals surface area contributed by atoms with Crippen LogP contribution in [-0.2, 0) is 9.53 Å². The fourth-order valence-electron chi connectivity index (χ4n) is 1.95. The number of thioether (sulfide) groups is 1. The van der Waals surface area contributed by atoms with E-state index in [1.807, 2.05) is 0 Å². The second-order valence-corrected chi connectivity index (χ2v) is 6.56. The highest BCUT2D eigenvalue weighted by Crippen LogP contribution is 2.20. The topological polar surface area (TPSA) is 81.4 Å². The summed E-state index contributed by atoms with van der Waals surface area (Å²) in [7, 11) is 0. The maximum absolute atomic E-state index is 11.7. The molecule has 2 rings (SSSR count). The van der Waals surface area contributed by atoms with E-state index < -0.39 is 5.91 Å². The Kier molecular flexibility index (Phi) is 5.87. The van der Waals surface area contributed by atoms with E-state index in [9.17, 15) is 9.59 Å². The summed E-state index contributed by atoms with van der Waals surface area (Å²) in [6, 6.07) is 1.60. The van der Waals surface area contributed by atoms with Crippen molar-refractivity contribution in [3.05, 3.63) is 16.3 Å². The Bertz CT molecular complexity index is 470. The van der Waals surface area contributed by atoms with Gasteiger partial charge in [-0.15, -0.1) is 23.1 Å². The van der Waals surface area contributed by atoms with Gasteiger partial charge in [-0.05, 0) is 25.3 Å². The van der Waals surface area contributed by atoms with Gasteiger partial charge in [-0.3, -0.25) is 9.59 Å². The van der Waals surface area contributed by atoms with Crippen molar-refractivity contribution in [1.82, 2.24) is 0 Å². The number of anilines is 1. The third-order valence-electron chi connectivity index (χ3n) is 2.94. The molecule has 1 atom stereocenters. The number of thiophene rings is 1. The first-order chi connectivity index (χ1) is 9.65. The molecule has 0 saturated carbocycles. The van der Waals surface area contributed by atoms with Crippen LogP contribution in [0.5, 0.6) is 0 Å². The Balaban J connectivity index is 1.67. The lowest BCUT2D eigenvalue weighted by Crippen LogP contribution is -2.22. The van der Waals surface area contributed by atoms with Gasteiger partial charge in [0.15, 0.2) is 0 Å². The fraction of sp³-hybridized carbons (Fsp3) is 0.538. The molecule has 1 fully saturated rings. The monoisotopic (exact) mass is 314 g/mol. The lowest BCUT2D eigenvalue weighted by atomic mass is 10.1. The molecule has 1 aliphatic rings. The summed E-state index contributed by atoms with van der Waals surface area (Å²) in [5, 5.41) is 4.47. The first-order valence-corrected chi connectivity index (χ1v) is 8.56. The van der Waals surface area contributed by atoms with E-state index in [0.29, 0.717) is 16.3 Å². The summed E-state index contributed by atoms with van der Waals surface area (Å²) >= 11 is 2.81. The van der Waals surface area contributed by atoms with Gasteiger partial charge in [0.1, 0.15) is 0 Å². The molecule has 1 saturated heterocycles. The van der Waals surface area contributed by atoms with Gasteiger partial charge >= 0.3 is 0 Å². The van der Waals surface area contributed by atoms with E-state index in [2.05, 4.69) is 5.32 Å². The van der Waals surface area contributed by atoms with Crippen LogP contribution in [0.4, 0.5) is 5.69 Å². The molecule has 110 valence electrons. The van der Waals surface area contributed by atoms with Gasteiger partial charge in [0.05, 0.1) is 22.4 Å². The van der Waals surface area contributed by atoms with Gasteiger partial charge < -0.3 is 15.8 Å². The zero-order valence-electron chi connectivity index (χ0n) is 11.1. The third-order valence-corrected chi connectivity index (χ3v) is 4.96. The van der Waals surface area contributed by atoms with Crippen molar-refractivity contribution in [2.45, 2.75) is 25.4 Å². The highest BCUT2D eigenvalue weighted by Gasteiger charge is 2.14. The maximum atomic E-state index is 11.7. The minimum Gasteiger partial charge on any atom is -0.377 e. The molecule has 2 amide bonds. The van der Waals surface area contributed by atoms with Gasteiger partial charge in [0.2, 0.25) is 5.91 Å². The van der Waals surface area contributed by atoms with Crippen molar-refractivity contribution in [2.24, 2.45) is 5.73 Å². The van der Waals surface area contributed by atoms with E-state index in [-0.39, 0.29) is 12.0 Å². The molecule has 1 aromatic heterocycles. The minimum atomic E-state index is -0.473. The van der Waals surface area contributed by atoms with Crippen LogP contribution in [0.1, 0.15) is 28.9 Å². The average Bonchev–Trinajstić information content (AvgIpc) is 2.88. The van der Waals surface area contributed by atoms with E-state index in [1.165, 1.54) is 17.8 Å².